The molecule has 0 saturated heterocycles. The van der Waals surface area contributed by atoms with Gasteiger partial charge in [0, 0.05) is 3.57 Å². The maximum Gasteiger partial charge on any atom is 0.162 e. The fourth-order valence-corrected chi connectivity index (χ4v) is 2.84. The van der Waals surface area contributed by atoms with E-state index in [0.29, 0.717) is 33.3 Å². The Morgan fingerprint density at radius 2 is 1.25 bits per heavy atom. The molecule has 0 atom stereocenters. The lowest BCUT2D eigenvalue weighted by atomic mass is 10.1. The monoisotopic (exact) mass is 384 g/mol. The number of nitrogen functional groups attached to an aromatic ring is 6. The zero-order chi connectivity index (χ0) is 14.8. The lowest BCUT2D eigenvalue weighted by Gasteiger charge is -2.09. The van der Waals surface area contributed by atoms with Gasteiger partial charge in [0.15, 0.2) is 5.58 Å². The summed E-state index contributed by atoms with van der Waals surface area (Å²) in [6.07, 6.45) is 0. The third-order valence-electron chi connectivity index (χ3n) is 3.39. The van der Waals surface area contributed by atoms with Crippen molar-refractivity contribution in [3.63, 3.8) is 0 Å². The molecule has 0 saturated carbocycles. The zero-order valence-electron chi connectivity index (χ0n) is 10.3. The summed E-state index contributed by atoms with van der Waals surface area (Å²) in [5.41, 5.74) is 38.4. The maximum absolute atomic E-state index is 6.08. The molecule has 12 N–H and O–H groups in total. The number of hydrogen-bond acceptors (Lipinski definition) is 7. The van der Waals surface area contributed by atoms with E-state index in [1.54, 1.807) is 6.07 Å². The summed E-state index contributed by atoms with van der Waals surface area (Å²) in [6, 6.07) is 1.77. The Morgan fingerprint density at radius 1 is 0.700 bits per heavy atom. The highest BCUT2D eigenvalue weighted by Crippen LogP contribution is 2.46. The first-order valence-corrected chi connectivity index (χ1v) is 6.74. The van der Waals surface area contributed by atoms with Gasteiger partial charge in [-0.05, 0) is 28.7 Å². The highest BCUT2D eigenvalue weighted by atomic mass is 127. The Balaban J connectivity index is 2.69. The largest absolute Gasteiger partial charge is 0.454 e. The number of rotatable bonds is 0. The minimum atomic E-state index is 0.204. The van der Waals surface area contributed by atoms with Crippen LogP contribution in [0.1, 0.15) is 0 Å². The first kappa shape index (κ1) is 12.8. The van der Waals surface area contributed by atoms with Gasteiger partial charge >= 0.3 is 0 Å². The molecule has 0 radical (unpaired) electrons. The molecule has 1 heterocycles. The van der Waals surface area contributed by atoms with E-state index in [9.17, 15) is 0 Å². The normalized spacial score (nSPS) is 11.4. The van der Waals surface area contributed by atoms with E-state index in [1.165, 1.54) is 0 Å². The molecule has 0 aliphatic heterocycles. The van der Waals surface area contributed by atoms with Gasteiger partial charge in [-0.25, -0.2) is 0 Å². The molecule has 0 bridgehead atoms. The lowest BCUT2D eigenvalue weighted by Crippen LogP contribution is -2.04. The van der Waals surface area contributed by atoms with E-state index in [2.05, 4.69) is 22.6 Å². The van der Waals surface area contributed by atoms with Crippen molar-refractivity contribution >= 4 is 78.7 Å². The Morgan fingerprint density at radius 3 is 1.90 bits per heavy atom. The van der Waals surface area contributed by atoms with Gasteiger partial charge in [-0.15, -0.1) is 0 Å². The van der Waals surface area contributed by atoms with Crippen molar-refractivity contribution in [3.8, 4) is 0 Å². The second-order valence-corrected chi connectivity index (χ2v) is 5.68. The Bertz CT molecular complexity index is 885. The summed E-state index contributed by atoms with van der Waals surface area (Å²) >= 11 is 2.08. The summed E-state index contributed by atoms with van der Waals surface area (Å²) in [5.74, 6) is 0. The second kappa shape index (κ2) is 3.88. The summed E-state index contributed by atoms with van der Waals surface area (Å²) in [4.78, 5) is 0. The van der Waals surface area contributed by atoms with Crippen LogP contribution in [0.4, 0.5) is 34.1 Å². The Hall–Kier alpha value is -2.23. The molecule has 2 aromatic carbocycles. The fourth-order valence-electron chi connectivity index (χ4n) is 2.27. The van der Waals surface area contributed by atoms with Crippen LogP contribution in [0.5, 0.6) is 0 Å². The van der Waals surface area contributed by atoms with Crippen molar-refractivity contribution in [1.82, 2.24) is 0 Å². The van der Waals surface area contributed by atoms with Crippen LogP contribution in [0.3, 0.4) is 0 Å². The molecule has 0 aliphatic carbocycles. The van der Waals surface area contributed by atoms with Crippen LogP contribution in [0.25, 0.3) is 21.9 Å². The molecule has 0 spiro atoms. The first-order chi connectivity index (χ1) is 9.34. The van der Waals surface area contributed by atoms with Crippen LogP contribution in [-0.2, 0) is 0 Å². The fraction of sp³-hybridized carbons (Fsp3) is 0. The lowest BCUT2D eigenvalue weighted by molar-refractivity contribution is 0.670. The van der Waals surface area contributed by atoms with Crippen molar-refractivity contribution in [3.05, 3.63) is 9.64 Å². The number of halogens is 1. The molecule has 0 unspecified atom stereocenters. The highest BCUT2D eigenvalue weighted by molar-refractivity contribution is 14.1. The number of anilines is 6. The van der Waals surface area contributed by atoms with E-state index in [0.717, 1.165) is 3.57 Å². The van der Waals surface area contributed by atoms with Crippen molar-refractivity contribution in [2.24, 2.45) is 0 Å². The predicted octanol–water partition coefficient (Wildman–Crippen LogP) is 1.68. The molecule has 1 aromatic heterocycles. The number of nitrogens with two attached hydrogens (primary N) is 6. The second-order valence-electron chi connectivity index (χ2n) is 4.52. The minimum absolute atomic E-state index is 0.204. The molecule has 8 heteroatoms. The molecule has 3 aromatic rings. The summed E-state index contributed by atoms with van der Waals surface area (Å²) < 4.78 is 6.52. The molecule has 7 nitrogen and oxygen atoms in total. The van der Waals surface area contributed by atoms with Gasteiger partial charge in [0.1, 0.15) is 11.3 Å². The smallest absolute Gasteiger partial charge is 0.162 e. The van der Waals surface area contributed by atoms with Crippen molar-refractivity contribution < 1.29 is 4.42 Å². The topological polar surface area (TPSA) is 169 Å². The van der Waals surface area contributed by atoms with E-state index in [-0.39, 0.29) is 22.7 Å². The van der Waals surface area contributed by atoms with Crippen LogP contribution in [0, 0.1) is 3.57 Å². The van der Waals surface area contributed by atoms with Crippen molar-refractivity contribution in [1.29, 1.82) is 0 Å². The van der Waals surface area contributed by atoms with Crippen molar-refractivity contribution in [2.75, 3.05) is 34.4 Å². The molecule has 104 valence electrons. The first-order valence-electron chi connectivity index (χ1n) is 5.66. The molecule has 0 amide bonds. The minimum Gasteiger partial charge on any atom is -0.454 e. The van der Waals surface area contributed by atoms with Crippen LogP contribution in [0.2, 0.25) is 0 Å². The Kier molecular flexibility index (Phi) is 2.48. The average Bonchev–Trinajstić information content (AvgIpc) is 2.79. The molecule has 0 fully saturated rings. The van der Waals surface area contributed by atoms with Gasteiger partial charge in [-0.1, -0.05) is 0 Å². The Labute approximate surface area is 127 Å². The van der Waals surface area contributed by atoms with Gasteiger partial charge < -0.3 is 38.8 Å². The number of fused-ring (bicyclic) bond motifs is 3. The summed E-state index contributed by atoms with van der Waals surface area (Å²) in [5, 5.41) is 1.15. The van der Waals surface area contributed by atoms with Crippen LogP contribution < -0.4 is 34.4 Å². The maximum atomic E-state index is 6.08. The third kappa shape index (κ3) is 1.39. The SMILES string of the molecule is Nc1c(N)c(N)c2c(oc3cc(I)c(N)c(N)c32)c1N. The number of benzene rings is 2. The molecular formula is C12H13IN6O. The van der Waals surface area contributed by atoms with E-state index >= 15 is 0 Å². The number of furan rings is 1. The van der Waals surface area contributed by atoms with E-state index < -0.39 is 0 Å². The highest BCUT2D eigenvalue weighted by Gasteiger charge is 2.21. The van der Waals surface area contributed by atoms with E-state index in [4.69, 9.17) is 38.8 Å². The van der Waals surface area contributed by atoms with Gasteiger partial charge in [0.25, 0.3) is 0 Å². The van der Waals surface area contributed by atoms with Gasteiger partial charge in [0.05, 0.1) is 39.2 Å². The van der Waals surface area contributed by atoms with E-state index in [1.807, 2.05) is 0 Å². The van der Waals surface area contributed by atoms with Crippen LogP contribution in [0.15, 0.2) is 10.5 Å². The molecule has 3 rings (SSSR count). The predicted molar refractivity (Wildman–Crippen MR) is 92.9 cm³/mol. The third-order valence-corrected chi connectivity index (χ3v) is 4.29. The van der Waals surface area contributed by atoms with Crippen molar-refractivity contribution in [2.45, 2.75) is 0 Å². The molecule has 20 heavy (non-hydrogen) atoms. The standard InChI is InChI=1S/C12H13IN6O/c13-2-1-3-4(7(15)6(2)14)5-8(16)9(17)10(18)11(19)12(5)20-3/h1H,14-19H2. The molecular weight excluding hydrogens is 371 g/mol. The number of hydrogen-bond donors (Lipinski definition) is 6. The van der Waals surface area contributed by atoms with Crippen LogP contribution in [-0.4, -0.2) is 0 Å². The van der Waals surface area contributed by atoms with Crippen LogP contribution >= 0.6 is 22.6 Å². The van der Waals surface area contributed by atoms with Gasteiger partial charge in [-0.3, -0.25) is 0 Å². The van der Waals surface area contributed by atoms with Gasteiger partial charge in [0.2, 0.25) is 0 Å². The zero-order valence-corrected chi connectivity index (χ0v) is 12.5. The quantitative estimate of drug-likeness (QED) is 0.253. The average molecular weight is 384 g/mol. The summed E-state index contributed by atoms with van der Waals surface area (Å²) in [6.45, 7) is 0. The van der Waals surface area contributed by atoms with Gasteiger partial charge in [-0.2, -0.15) is 0 Å². The summed E-state index contributed by atoms with van der Waals surface area (Å²) in [7, 11) is 0. The molecule has 0 aliphatic rings.